The molecular formula is C14H24O2. The zero-order valence-corrected chi connectivity index (χ0v) is 10.9. The Bertz CT molecular complexity index is 325. The third kappa shape index (κ3) is 1.10. The zero-order valence-electron chi connectivity index (χ0n) is 10.9. The van der Waals surface area contributed by atoms with Crippen molar-refractivity contribution in [2.24, 2.45) is 23.2 Å². The Kier molecular flexibility index (Phi) is 1.96. The van der Waals surface area contributed by atoms with E-state index in [-0.39, 0.29) is 5.60 Å². The van der Waals surface area contributed by atoms with Crippen LogP contribution in [0.2, 0.25) is 0 Å². The van der Waals surface area contributed by atoms with Crippen LogP contribution in [0.15, 0.2) is 0 Å². The minimum absolute atomic E-state index is 0.121. The van der Waals surface area contributed by atoms with Gasteiger partial charge in [-0.15, -0.1) is 0 Å². The Morgan fingerprint density at radius 2 is 1.69 bits per heavy atom. The highest BCUT2D eigenvalue weighted by atomic mass is 16.6. The van der Waals surface area contributed by atoms with Gasteiger partial charge < -0.3 is 9.84 Å². The molecule has 92 valence electrons. The first-order chi connectivity index (χ1) is 7.30. The molecule has 4 fully saturated rings. The van der Waals surface area contributed by atoms with E-state index in [2.05, 4.69) is 20.8 Å². The van der Waals surface area contributed by atoms with Gasteiger partial charge in [0.05, 0.1) is 5.60 Å². The summed E-state index contributed by atoms with van der Waals surface area (Å²) < 4.78 is 6.14. The average molecular weight is 224 g/mol. The van der Waals surface area contributed by atoms with Gasteiger partial charge >= 0.3 is 0 Å². The first kappa shape index (κ1) is 11.0. The predicted octanol–water partition coefficient (Wildman–Crippen LogP) is 2.95. The van der Waals surface area contributed by atoms with Crippen LogP contribution in [0.3, 0.4) is 0 Å². The summed E-state index contributed by atoms with van der Waals surface area (Å²) in [6, 6.07) is 0. The van der Waals surface area contributed by atoms with E-state index in [1.165, 1.54) is 12.8 Å². The number of fused-ring (bicyclic) bond motifs is 2. The van der Waals surface area contributed by atoms with E-state index in [1.54, 1.807) is 0 Å². The number of rotatable bonds is 0. The molecule has 16 heavy (non-hydrogen) atoms. The number of ether oxygens (including phenoxy) is 1. The zero-order chi connectivity index (χ0) is 11.8. The van der Waals surface area contributed by atoms with Crippen LogP contribution in [0.5, 0.6) is 0 Å². The quantitative estimate of drug-likeness (QED) is 0.685. The molecule has 4 rings (SSSR count). The van der Waals surface area contributed by atoms with Gasteiger partial charge in [0.1, 0.15) is 0 Å². The molecule has 2 aliphatic carbocycles. The lowest BCUT2D eigenvalue weighted by atomic mass is 9.57. The molecule has 0 unspecified atom stereocenters. The van der Waals surface area contributed by atoms with E-state index in [9.17, 15) is 5.11 Å². The largest absolute Gasteiger partial charge is 0.365 e. The van der Waals surface area contributed by atoms with Gasteiger partial charge in [0.15, 0.2) is 5.79 Å². The molecule has 4 bridgehead atoms. The third-order valence-electron chi connectivity index (χ3n) is 6.31. The summed E-state index contributed by atoms with van der Waals surface area (Å²) in [7, 11) is 0. The molecule has 2 heteroatoms. The average Bonchev–Trinajstić information content (AvgIpc) is 2.45. The van der Waals surface area contributed by atoms with Crippen molar-refractivity contribution in [1.82, 2.24) is 0 Å². The fourth-order valence-electron chi connectivity index (χ4n) is 5.07. The third-order valence-corrected chi connectivity index (χ3v) is 6.31. The normalized spacial score (nSPS) is 64.7. The van der Waals surface area contributed by atoms with E-state index in [0.717, 1.165) is 12.8 Å². The van der Waals surface area contributed by atoms with Crippen LogP contribution in [0.1, 0.15) is 53.4 Å². The van der Waals surface area contributed by atoms with Crippen molar-refractivity contribution in [3.8, 4) is 0 Å². The molecule has 2 nitrogen and oxygen atoms in total. The minimum Gasteiger partial charge on any atom is -0.365 e. The van der Waals surface area contributed by atoms with Crippen molar-refractivity contribution in [2.45, 2.75) is 64.8 Å². The van der Waals surface area contributed by atoms with Gasteiger partial charge in [0.2, 0.25) is 0 Å². The summed E-state index contributed by atoms with van der Waals surface area (Å²) in [4.78, 5) is 0. The molecule has 0 aromatic carbocycles. The van der Waals surface area contributed by atoms with Crippen molar-refractivity contribution in [1.29, 1.82) is 0 Å². The predicted molar refractivity (Wildman–Crippen MR) is 62.8 cm³/mol. The maximum absolute atomic E-state index is 10.6. The first-order valence-corrected chi connectivity index (χ1v) is 6.72. The topological polar surface area (TPSA) is 29.5 Å². The van der Waals surface area contributed by atoms with Gasteiger partial charge in [-0.05, 0) is 56.8 Å². The van der Waals surface area contributed by atoms with E-state index < -0.39 is 5.79 Å². The number of hydrogen-bond donors (Lipinski definition) is 1. The number of hydrogen-bond acceptors (Lipinski definition) is 2. The van der Waals surface area contributed by atoms with Gasteiger partial charge in [-0.1, -0.05) is 13.8 Å². The van der Waals surface area contributed by atoms with Gasteiger partial charge in [-0.3, -0.25) is 0 Å². The minimum atomic E-state index is -0.904. The van der Waals surface area contributed by atoms with Crippen LogP contribution in [-0.2, 0) is 4.74 Å². The van der Waals surface area contributed by atoms with E-state index in [1.807, 2.05) is 6.92 Å². The Labute approximate surface area is 98.4 Å². The molecule has 0 aromatic heterocycles. The van der Waals surface area contributed by atoms with Crippen LogP contribution in [0, 0.1) is 23.2 Å². The molecule has 2 heterocycles. The van der Waals surface area contributed by atoms with Crippen LogP contribution in [0.4, 0.5) is 0 Å². The molecule has 0 amide bonds. The Balaban J connectivity index is 2.13. The van der Waals surface area contributed by atoms with Crippen LogP contribution in [0.25, 0.3) is 0 Å². The van der Waals surface area contributed by atoms with E-state index in [0.29, 0.717) is 23.2 Å². The Hall–Kier alpha value is -0.0800. The summed E-state index contributed by atoms with van der Waals surface area (Å²) in [5.74, 6) is 0.661. The highest BCUT2D eigenvalue weighted by Crippen LogP contribution is 2.66. The molecule has 0 aromatic rings. The lowest BCUT2D eigenvalue weighted by Crippen LogP contribution is -2.50. The smallest absolute Gasteiger partial charge is 0.166 e. The van der Waals surface area contributed by atoms with Crippen LogP contribution in [-0.4, -0.2) is 16.5 Å². The highest BCUT2D eigenvalue weighted by Gasteiger charge is 2.65. The lowest BCUT2D eigenvalue weighted by molar-refractivity contribution is -0.281. The SMILES string of the molecule is C[C@@H]1[C@@]2(C)CC[C@@H]3[C@H]2CC[C@]1(C)O[C@]3(C)O. The highest BCUT2D eigenvalue weighted by molar-refractivity contribution is 5.11. The van der Waals surface area contributed by atoms with Gasteiger partial charge in [-0.25, -0.2) is 0 Å². The first-order valence-electron chi connectivity index (χ1n) is 6.72. The maximum Gasteiger partial charge on any atom is 0.166 e. The summed E-state index contributed by atoms with van der Waals surface area (Å²) in [6.07, 6.45) is 4.74. The molecule has 2 aliphatic heterocycles. The van der Waals surface area contributed by atoms with Gasteiger partial charge in [0.25, 0.3) is 0 Å². The second kappa shape index (κ2) is 2.84. The van der Waals surface area contributed by atoms with Crippen LogP contribution >= 0.6 is 0 Å². The van der Waals surface area contributed by atoms with Crippen molar-refractivity contribution in [3.63, 3.8) is 0 Å². The molecule has 6 atom stereocenters. The fourth-order valence-corrected chi connectivity index (χ4v) is 5.07. The molecule has 0 spiro atoms. The molecule has 4 aliphatic rings. The monoisotopic (exact) mass is 224 g/mol. The Morgan fingerprint density at radius 1 is 1.06 bits per heavy atom. The van der Waals surface area contributed by atoms with Crippen molar-refractivity contribution in [3.05, 3.63) is 0 Å². The van der Waals surface area contributed by atoms with Gasteiger partial charge in [0, 0.05) is 5.92 Å². The van der Waals surface area contributed by atoms with Gasteiger partial charge in [-0.2, -0.15) is 0 Å². The molecule has 0 radical (unpaired) electrons. The standard InChI is InChI=1S/C14H24O2/c1-9-12(2)7-5-11-10(12)6-8-13(9,3)16-14(11,4)15/h9-11,15H,5-8H2,1-4H3/t9-,10-,11-,12-,13+,14+/m1/s1. The lowest BCUT2D eigenvalue weighted by Gasteiger charge is -2.50. The molecular weight excluding hydrogens is 200 g/mol. The molecule has 2 saturated carbocycles. The maximum atomic E-state index is 10.6. The van der Waals surface area contributed by atoms with Crippen LogP contribution < -0.4 is 0 Å². The fraction of sp³-hybridized carbons (Fsp3) is 1.00. The Morgan fingerprint density at radius 3 is 2.38 bits per heavy atom. The van der Waals surface area contributed by atoms with E-state index >= 15 is 0 Å². The molecule has 2 saturated heterocycles. The second-order valence-corrected chi connectivity index (χ2v) is 6.99. The molecule has 1 N–H and O–H groups in total. The van der Waals surface area contributed by atoms with Crippen molar-refractivity contribution >= 4 is 0 Å². The summed E-state index contributed by atoms with van der Waals surface area (Å²) in [5, 5.41) is 10.6. The summed E-state index contributed by atoms with van der Waals surface area (Å²) in [5.41, 5.74) is 0.266. The summed E-state index contributed by atoms with van der Waals surface area (Å²) >= 11 is 0. The van der Waals surface area contributed by atoms with Crippen molar-refractivity contribution in [2.75, 3.05) is 0 Å². The number of aliphatic hydroxyl groups is 1. The summed E-state index contributed by atoms with van der Waals surface area (Å²) in [6.45, 7) is 8.84. The van der Waals surface area contributed by atoms with Crippen molar-refractivity contribution < 1.29 is 9.84 Å². The van der Waals surface area contributed by atoms with E-state index in [4.69, 9.17) is 4.74 Å². The second-order valence-electron chi connectivity index (χ2n) is 6.99.